The van der Waals surface area contributed by atoms with Gasteiger partial charge in [0.15, 0.2) is 9.86 Å². The summed E-state index contributed by atoms with van der Waals surface area (Å²) >= 11 is 1.18. The number of aryl methyl sites for hydroxylation is 1. The first kappa shape index (κ1) is 15.6. The zero-order chi connectivity index (χ0) is 16.8. The Labute approximate surface area is 133 Å². The summed E-state index contributed by atoms with van der Waals surface area (Å²) in [5.41, 5.74) is -1.25. The summed E-state index contributed by atoms with van der Waals surface area (Å²) in [6.45, 7) is 1.37. The summed E-state index contributed by atoms with van der Waals surface area (Å²) < 4.78 is 54.4. The van der Waals surface area contributed by atoms with Crippen molar-refractivity contribution < 1.29 is 17.2 Å². The molecule has 0 amide bonds. The van der Waals surface area contributed by atoms with Gasteiger partial charge in [0, 0.05) is 17.6 Å². The third-order valence-electron chi connectivity index (χ3n) is 3.04. The van der Waals surface area contributed by atoms with E-state index in [4.69, 9.17) is 0 Å². The highest BCUT2D eigenvalue weighted by molar-refractivity contribution is 7.92. The highest BCUT2D eigenvalue weighted by atomic mass is 32.2. The van der Waals surface area contributed by atoms with E-state index in [1.54, 1.807) is 5.38 Å². The second kappa shape index (κ2) is 5.39. The van der Waals surface area contributed by atoms with Gasteiger partial charge in [-0.15, -0.1) is 11.3 Å². The maximum absolute atomic E-state index is 13.6. The first-order valence-electron chi connectivity index (χ1n) is 6.24. The van der Waals surface area contributed by atoms with Crippen LogP contribution in [0.25, 0.3) is 4.96 Å². The summed E-state index contributed by atoms with van der Waals surface area (Å²) in [5, 5.41) is 1.59. The van der Waals surface area contributed by atoms with Gasteiger partial charge in [-0.1, -0.05) is 0 Å². The Bertz CT molecular complexity index is 1070. The van der Waals surface area contributed by atoms with Gasteiger partial charge in [0.25, 0.3) is 15.6 Å². The molecule has 0 aliphatic heterocycles. The van der Waals surface area contributed by atoms with E-state index < -0.39 is 37.8 Å². The van der Waals surface area contributed by atoms with Crippen LogP contribution in [0.3, 0.4) is 0 Å². The molecule has 0 aliphatic carbocycles. The normalized spacial score (nSPS) is 11.8. The smallest absolute Gasteiger partial charge is 0.276 e. The van der Waals surface area contributed by atoms with Crippen molar-refractivity contribution in [2.45, 2.75) is 11.8 Å². The topological polar surface area (TPSA) is 80.5 Å². The lowest BCUT2D eigenvalue weighted by atomic mass is 10.3. The number of nitrogens with one attached hydrogen (secondary N) is 1. The number of fused-ring (bicyclic) bond motifs is 1. The number of sulfonamides is 1. The lowest BCUT2D eigenvalue weighted by molar-refractivity contribution is 0.582. The van der Waals surface area contributed by atoms with Crippen LogP contribution in [0.4, 0.5) is 14.5 Å². The summed E-state index contributed by atoms with van der Waals surface area (Å²) in [6, 6.07) is 2.38. The predicted molar refractivity (Wildman–Crippen MR) is 81.2 cm³/mol. The summed E-state index contributed by atoms with van der Waals surface area (Å²) in [7, 11) is -4.38. The van der Waals surface area contributed by atoms with Crippen molar-refractivity contribution in [2.24, 2.45) is 0 Å². The molecule has 2 heterocycles. The van der Waals surface area contributed by atoms with Gasteiger partial charge < -0.3 is 0 Å². The molecular formula is C13H9F2N3O3S2. The van der Waals surface area contributed by atoms with E-state index in [1.165, 1.54) is 24.5 Å². The van der Waals surface area contributed by atoms with Crippen LogP contribution >= 0.6 is 11.3 Å². The predicted octanol–water partition coefficient (Wildman–Crippen LogP) is 2.14. The van der Waals surface area contributed by atoms with Crippen molar-refractivity contribution in [3.05, 3.63) is 57.5 Å². The summed E-state index contributed by atoms with van der Waals surface area (Å²) in [4.78, 5) is 16.2. The number of hydrogen-bond acceptors (Lipinski definition) is 5. The Morgan fingerprint density at radius 1 is 1.30 bits per heavy atom. The summed E-state index contributed by atoms with van der Waals surface area (Å²) in [5.74, 6) is -1.93. The quantitative estimate of drug-likeness (QED) is 0.779. The molecule has 0 spiro atoms. The molecule has 1 aromatic carbocycles. The Morgan fingerprint density at radius 3 is 2.74 bits per heavy atom. The number of rotatable bonds is 3. The largest absolute Gasteiger partial charge is 0.279 e. The monoisotopic (exact) mass is 357 g/mol. The van der Waals surface area contributed by atoms with Crippen LogP contribution in [0.5, 0.6) is 0 Å². The molecule has 23 heavy (non-hydrogen) atoms. The van der Waals surface area contributed by atoms with E-state index in [2.05, 4.69) is 4.98 Å². The molecule has 10 heteroatoms. The molecule has 0 bridgehead atoms. The minimum Gasteiger partial charge on any atom is -0.276 e. The molecule has 0 saturated heterocycles. The third-order valence-corrected chi connectivity index (χ3v) is 5.29. The minimum absolute atomic E-state index is 0.00697. The number of aromatic nitrogens is 2. The molecular weight excluding hydrogens is 348 g/mol. The van der Waals surface area contributed by atoms with E-state index in [0.717, 1.165) is 16.5 Å². The molecule has 0 radical (unpaired) electrons. The molecule has 0 fully saturated rings. The van der Waals surface area contributed by atoms with Gasteiger partial charge in [0.2, 0.25) is 0 Å². The van der Waals surface area contributed by atoms with Crippen molar-refractivity contribution in [3.63, 3.8) is 0 Å². The molecule has 0 unspecified atom stereocenters. The average Bonchev–Trinajstić information content (AvgIpc) is 2.90. The van der Waals surface area contributed by atoms with E-state index in [0.29, 0.717) is 11.0 Å². The minimum atomic E-state index is -4.38. The number of nitrogens with zero attached hydrogens (tertiary/aromatic N) is 2. The fourth-order valence-corrected chi connectivity index (χ4v) is 4.11. The first-order valence-corrected chi connectivity index (χ1v) is 8.60. The molecule has 1 N–H and O–H groups in total. The van der Waals surface area contributed by atoms with Gasteiger partial charge in [-0.3, -0.25) is 13.9 Å². The zero-order valence-electron chi connectivity index (χ0n) is 11.6. The second-order valence-corrected chi connectivity index (χ2v) is 7.11. The number of hydrogen-bond donors (Lipinski definition) is 1. The zero-order valence-corrected chi connectivity index (χ0v) is 13.2. The fourth-order valence-electron chi connectivity index (χ4n) is 2.04. The number of thiazole rings is 1. The van der Waals surface area contributed by atoms with Crippen molar-refractivity contribution in [1.82, 2.24) is 9.38 Å². The average molecular weight is 357 g/mol. The molecule has 2 aromatic heterocycles. The van der Waals surface area contributed by atoms with Crippen molar-refractivity contribution in [2.75, 3.05) is 4.72 Å². The number of halogens is 2. The van der Waals surface area contributed by atoms with Crippen LogP contribution in [-0.4, -0.2) is 17.8 Å². The maximum atomic E-state index is 13.6. The Hall–Kier alpha value is -2.33. The third kappa shape index (κ3) is 2.70. The van der Waals surface area contributed by atoms with Gasteiger partial charge in [0.05, 0.1) is 11.4 Å². The SMILES string of the molecule is Cc1nc2sccn2c(=O)c1S(=O)(=O)Nc1ccc(F)cc1F. The maximum Gasteiger partial charge on any atom is 0.279 e. The van der Waals surface area contributed by atoms with Crippen molar-refractivity contribution >= 4 is 32.0 Å². The van der Waals surface area contributed by atoms with E-state index in [9.17, 15) is 22.0 Å². The fraction of sp³-hybridized carbons (Fsp3) is 0.0769. The van der Waals surface area contributed by atoms with Crippen molar-refractivity contribution in [3.8, 4) is 0 Å². The molecule has 0 saturated carbocycles. The Balaban J connectivity index is 2.15. The van der Waals surface area contributed by atoms with Gasteiger partial charge in [-0.05, 0) is 19.1 Å². The van der Waals surface area contributed by atoms with Crippen LogP contribution in [-0.2, 0) is 10.0 Å². The van der Waals surface area contributed by atoms with Gasteiger partial charge in [0.1, 0.15) is 11.6 Å². The molecule has 0 aliphatic rings. The molecule has 3 aromatic rings. The molecule has 6 nitrogen and oxygen atoms in total. The van der Waals surface area contributed by atoms with Gasteiger partial charge in [-0.25, -0.2) is 22.2 Å². The Morgan fingerprint density at radius 2 is 2.04 bits per heavy atom. The molecule has 0 atom stereocenters. The second-order valence-electron chi connectivity index (χ2n) is 4.62. The van der Waals surface area contributed by atoms with Crippen LogP contribution < -0.4 is 10.3 Å². The molecule has 3 rings (SSSR count). The van der Waals surface area contributed by atoms with Crippen molar-refractivity contribution in [1.29, 1.82) is 0 Å². The first-order chi connectivity index (χ1) is 10.8. The lowest BCUT2D eigenvalue weighted by Crippen LogP contribution is -2.27. The van der Waals surface area contributed by atoms with E-state index >= 15 is 0 Å². The highest BCUT2D eigenvalue weighted by Crippen LogP contribution is 2.20. The Kier molecular flexibility index (Phi) is 3.65. The van der Waals surface area contributed by atoms with E-state index in [1.807, 2.05) is 4.72 Å². The van der Waals surface area contributed by atoms with E-state index in [-0.39, 0.29) is 5.69 Å². The van der Waals surface area contributed by atoms with Crippen LogP contribution in [0.15, 0.2) is 39.5 Å². The van der Waals surface area contributed by atoms with Crippen LogP contribution in [0.2, 0.25) is 0 Å². The van der Waals surface area contributed by atoms with Crippen LogP contribution in [0, 0.1) is 18.6 Å². The summed E-state index contributed by atoms with van der Waals surface area (Å²) in [6.07, 6.45) is 1.40. The lowest BCUT2D eigenvalue weighted by Gasteiger charge is -2.10. The molecule has 120 valence electrons. The van der Waals surface area contributed by atoms with Gasteiger partial charge in [-0.2, -0.15) is 0 Å². The van der Waals surface area contributed by atoms with Crippen LogP contribution in [0.1, 0.15) is 5.69 Å². The highest BCUT2D eigenvalue weighted by Gasteiger charge is 2.25. The van der Waals surface area contributed by atoms with Gasteiger partial charge >= 0.3 is 0 Å². The number of benzene rings is 1. The standard InChI is InChI=1S/C13H9F2N3O3S2/c1-7-11(12(19)18-4-5-22-13(18)16-7)23(20,21)17-10-3-2-8(14)6-9(10)15/h2-6,17H,1H3. The number of anilines is 1.